The Kier molecular flexibility index (Phi) is 7.80. The molecule has 0 aliphatic rings. The van der Waals surface area contributed by atoms with Gasteiger partial charge in [0.15, 0.2) is 9.84 Å². The van der Waals surface area contributed by atoms with Gasteiger partial charge < -0.3 is 14.8 Å². The van der Waals surface area contributed by atoms with Gasteiger partial charge in [-0.25, -0.2) is 13.4 Å². The Balaban J connectivity index is 1.64. The summed E-state index contributed by atoms with van der Waals surface area (Å²) in [6, 6.07) is 15.8. The number of rotatable bonds is 9. The minimum absolute atomic E-state index is 0.0809. The molecule has 0 fully saturated rings. The molecule has 0 saturated carbocycles. The summed E-state index contributed by atoms with van der Waals surface area (Å²) in [6.45, 7) is 8.15. The molecule has 4 aromatic rings. The van der Waals surface area contributed by atoms with Crippen molar-refractivity contribution in [2.75, 3.05) is 13.2 Å². The zero-order valence-electron chi connectivity index (χ0n) is 21.5. The maximum atomic E-state index is 13.1. The van der Waals surface area contributed by atoms with Crippen molar-refractivity contribution in [3.8, 4) is 17.1 Å². The number of H-pyrrole nitrogens is 1. The lowest BCUT2D eigenvalue weighted by atomic mass is 9.98. The molecule has 1 unspecified atom stereocenters. The molecule has 1 heterocycles. The Morgan fingerprint density at radius 2 is 1.70 bits per heavy atom. The number of benzene rings is 3. The van der Waals surface area contributed by atoms with Gasteiger partial charge in [0.2, 0.25) is 0 Å². The van der Waals surface area contributed by atoms with Crippen LogP contribution in [0.25, 0.3) is 22.3 Å². The highest BCUT2D eigenvalue weighted by molar-refractivity contribution is 7.90. The van der Waals surface area contributed by atoms with E-state index in [0.29, 0.717) is 34.1 Å². The second kappa shape index (κ2) is 10.9. The maximum absolute atomic E-state index is 13.1. The smallest absolute Gasteiger partial charge is 0.259 e. The Morgan fingerprint density at radius 3 is 2.32 bits per heavy atom. The van der Waals surface area contributed by atoms with Crippen LogP contribution in [0.3, 0.4) is 0 Å². The average Bonchev–Trinajstić information content (AvgIpc) is 2.87. The molecule has 0 amide bonds. The molecule has 0 saturated heterocycles. The number of nitrogens with zero attached hydrogens (tertiary/aromatic N) is 1. The molecular formula is C29H32N2O5S. The molecule has 3 aromatic carbocycles. The number of aryl methyl sites for hydroxylation is 2. The van der Waals surface area contributed by atoms with Crippen molar-refractivity contribution in [3.63, 3.8) is 0 Å². The third-order valence-electron chi connectivity index (χ3n) is 6.63. The van der Waals surface area contributed by atoms with Crippen molar-refractivity contribution in [2.24, 2.45) is 0 Å². The van der Waals surface area contributed by atoms with Gasteiger partial charge in [0, 0.05) is 5.56 Å². The number of ether oxygens (including phenoxy) is 1. The van der Waals surface area contributed by atoms with Crippen LogP contribution in [0.5, 0.6) is 5.75 Å². The largest absolute Gasteiger partial charge is 0.491 e. The molecule has 7 nitrogen and oxygen atoms in total. The lowest BCUT2D eigenvalue weighted by molar-refractivity contribution is 0.200. The van der Waals surface area contributed by atoms with E-state index < -0.39 is 15.4 Å². The average molecular weight is 521 g/mol. The number of hydrogen-bond donors (Lipinski definition) is 2. The first-order chi connectivity index (χ1) is 17.6. The van der Waals surface area contributed by atoms with E-state index >= 15 is 0 Å². The summed E-state index contributed by atoms with van der Waals surface area (Å²) < 4.78 is 31.9. The maximum Gasteiger partial charge on any atom is 0.259 e. The summed E-state index contributed by atoms with van der Waals surface area (Å²) in [5, 5.41) is 9.26. The summed E-state index contributed by atoms with van der Waals surface area (Å²) in [4.78, 5) is 20.4. The Bertz CT molecular complexity index is 1570. The topological polar surface area (TPSA) is 109 Å². The van der Waals surface area contributed by atoms with Gasteiger partial charge in [-0.3, -0.25) is 4.79 Å². The van der Waals surface area contributed by atoms with Crippen LogP contribution in [-0.4, -0.2) is 36.7 Å². The zero-order valence-corrected chi connectivity index (χ0v) is 22.4. The summed E-state index contributed by atoms with van der Waals surface area (Å²) in [7, 11) is -3.66. The van der Waals surface area contributed by atoms with Crippen LogP contribution in [0.15, 0.2) is 64.3 Å². The number of sulfone groups is 1. The number of aliphatic hydroxyl groups is 1. The van der Waals surface area contributed by atoms with Gasteiger partial charge >= 0.3 is 0 Å². The van der Waals surface area contributed by atoms with Crippen LogP contribution < -0.4 is 10.3 Å². The van der Waals surface area contributed by atoms with E-state index in [2.05, 4.69) is 23.8 Å². The Hall–Kier alpha value is -3.49. The molecule has 1 aromatic heterocycles. The number of aromatic nitrogens is 2. The molecule has 194 valence electrons. The van der Waals surface area contributed by atoms with E-state index in [1.807, 2.05) is 50.2 Å². The minimum atomic E-state index is -3.66. The standard InChI is InChI=1S/C29H32N2O5S/c1-5-18(2)22-8-6-21(7-9-22)17-37(34,35)24-10-11-26-25(16-24)29(33)31-28(30-26)23-14-19(3)27(20(4)15-23)36-13-12-32/h6-11,14-16,18,32H,5,12-13,17H2,1-4H3,(H,30,31,33). The highest BCUT2D eigenvalue weighted by atomic mass is 32.2. The second-order valence-electron chi connectivity index (χ2n) is 9.41. The highest BCUT2D eigenvalue weighted by Gasteiger charge is 2.18. The second-order valence-corrected chi connectivity index (χ2v) is 11.4. The SMILES string of the molecule is CCC(C)c1ccc(CS(=O)(=O)c2ccc3nc(-c4cc(C)c(OCCO)c(C)c4)[nH]c(=O)c3c2)cc1. The summed E-state index contributed by atoms with van der Waals surface area (Å²) in [6.07, 6.45) is 1.02. The molecular weight excluding hydrogens is 488 g/mol. The first kappa shape index (κ1) is 26.6. The molecule has 0 aliphatic carbocycles. The van der Waals surface area contributed by atoms with Crippen LogP contribution in [-0.2, 0) is 15.6 Å². The molecule has 2 N–H and O–H groups in total. The number of aliphatic hydroxyl groups excluding tert-OH is 1. The van der Waals surface area contributed by atoms with Gasteiger partial charge in [0.05, 0.1) is 28.2 Å². The molecule has 0 bridgehead atoms. The molecule has 0 aliphatic heterocycles. The number of aromatic amines is 1. The Morgan fingerprint density at radius 1 is 1.03 bits per heavy atom. The van der Waals surface area contributed by atoms with Crippen LogP contribution in [0.2, 0.25) is 0 Å². The number of fused-ring (bicyclic) bond motifs is 1. The van der Waals surface area contributed by atoms with Crippen LogP contribution in [0, 0.1) is 13.8 Å². The van der Waals surface area contributed by atoms with Gasteiger partial charge in [-0.15, -0.1) is 0 Å². The molecule has 1 atom stereocenters. The molecule has 0 radical (unpaired) electrons. The predicted octanol–water partition coefficient (Wildman–Crippen LogP) is 5.07. The summed E-state index contributed by atoms with van der Waals surface area (Å²) in [5.41, 5.74) is 4.29. The van der Waals surface area contributed by atoms with Crippen molar-refractivity contribution in [1.29, 1.82) is 0 Å². The van der Waals surface area contributed by atoms with Crippen molar-refractivity contribution in [1.82, 2.24) is 9.97 Å². The van der Waals surface area contributed by atoms with Gasteiger partial charge in [0.25, 0.3) is 5.56 Å². The lowest BCUT2D eigenvalue weighted by Gasteiger charge is -2.13. The number of nitrogens with one attached hydrogen (secondary N) is 1. The van der Waals surface area contributed by atoms with Gasteiger partial charge in [-0.05, 0) is 78.8 Å². The van der Waals surface area contributed by atoms with Crippen molar-refractivity contribution >= 4 is 20.7 Å². The third-order valence-corrected chi connectivity index (χ3v) is 8.31. The van der Waals surface area contributed by atoms with Crippen molar-refractivity contribution in [3.05, 3.63) is 87.2 Å². The van der Waals surface area contributed by atoms with Crippen LogP contribution >= 0.6 is 0 Å². The minimum Gasteiger partial charge on any atom is -0.491 e. The molecule has 4 rings (SSSR count). The first-order valence-electron chi connectivity index (χ1n) is 12.3. The van der Waals surface area contributed by atoms with E-state index in [9.17, 15) is 13.2 Å². The molecule has 0 spiro atoms. The van der Waals surface area contributed by atoms with Crippen LogP contribution in [0.4, 0.5) is 0 Å². The molecule has 8 heteroatoms. The van der Waals surface area contributed by atoms with E-state index in [1.54, 1.807) is 6.07 Å². The van der Waals surface area contributed by atoms with Gasteiger partial charge in [-0.2, -0.15) is 0 Å². The van der Waals surface area contributed by atoms with Crippen LogP contribution in [0.1, 0.15) is 48.4 Å². The van der Waals surface area contributed by atoms with Gasteiger partial charge in [-0.1, -0.05) is 38.1 Å². The number of hydrogen-bond acceptors (Lipinski definition) is 6. The van der Waals surface area contributed by atoms with E-state index in [-0.39, 0.29) is 29.2 Å². The summed E-state index contributed by atoms with van der Waals surface area (Å²) in [5.74, 6) is 1.34. The fourth-order valence-electron chi connectivity index (χ4n) is 4.39. The lowest BCUT2D eigenvalue weighted by Crippen LogP contribution is -2.12. The third kappa shape index (κ3) is 5.76. The molecule has 37 heavy (non-hydrogen) atoms. The Labute approximate surface area is 217 Å². The fraction of sp³-hybridized carbons (Fsp3) is 0.310. The zero-order chi connectivity index (χ0) is 26.7. The van der Waals surface area contributed by atoms with E-state index in [0.717, 1.165) is 17.5 Å². The summed E-state index contributed by atoms with van der Waals surface area (Å²) >= 11 is 0. The monoisotopic (exact) mass is 520 g/mol. The van der Waals surface area contributed by atoms with E-state index in [4.69, 9.17) is 9.84 Å². The fourth-order valence-corrected chi connectivity index (χ4v) is 5.76. The predicted molar refractivity (Wildman–Crippen MR) is 146 cm³/mol. The normalized spacial score (nSPS) is 12.6. The quantitative estimate of drug-likeness (QED) is 0.319. The van der Waals surface area contributed by atoms with E-state index in [1.165, 1.54) is 17.7 Å². The van der Waals surface area contributed by atoms with Gasteiger partial charge in [0.1, 0.15) is 18.2 Å². The highest BCUT2D eigenvalue weighted by Crippen LogP contribution is 2.29. The van der Waals surface area contributed by atoms with Crippen molar-refractivity contribution in [2.45, 2.75) is 50.7 Å². The van der Waals surface area contributed by atoms with Crippen molar-refractivity contribution < 1.29 is 18.3 Å². The first-order valence-corrected chi connectivity index (χ1v) is 14.0.